The van der Waals surface area contributed by atoms with Gasteiger partial charge in [-0.15, -0.1) is 11.6 Å². The van der Waals surface area contributed by atoms with Crippen LogP contribution in [0.25, 0.3) is 0 Å². The highest BCUT2D eigenvalue weighted by atomic mass is 35.5. The molecule has 1 heterocycles. The number of nitrogens with one attached hydrogen (secondary N) is 1. The van der Waals surface area contributed by atoms with Gasteiger partial charge in [-0.1, -0.05) is 0 Å². The number of aromatic nitrogens is 2. The van der Waals surface area contributed by atoms with Gasteiger partial charge in [-0.05, 0) is 13.0 Å². The Balaban J connectivity index is 2.50. The summed E-state index contributed by atoms with van der Waals surface area (Å²) in [5.74, 6) is -0.178. The van der Waals surface area contributed by atoms with Crippen LogP contribution in [0.5, 0.6) is 0 Å². The molecule has 0 bridgehead atoms. The first-order valence-corrected chi connectivity index (χ1v) is 4.33. The van der Waals surface area contributed by atoms with Gasteiger partial charge < -0.3 is 5.32 Å². The summed E-state index contributed by atoms with van der Waals surface area (Å²) in [5, 5.41) is 9.75. The zero-order valence-electron chi connectivity index (χ0n) is 7.20. The maximum Gasteiger partial charge on any atom is 0.253 e. The topological polar surface area (TPSA) is 54.9 Å². The second kappa shape index (κ2) is 4.77. The maximum atomic E-state index is 11.3. The molecule has 1 N–H and O–H groups in total. The van der Waals surface area contributed by atoms with Crippen molar-refractivity contribution in [1.82, 2.24) is 15.5 Å². The molecule has 1 rings (SSSR count). The summed E-state index contributed by atoms with van der Waals surface area (Å²) in [7, 11) is 0. The van der Waals surface area contributed by atoms with E-state index in [0.29, 0.717) is 12.1 Å². The number of hydrogen-bond donors (Lipinski definition) is 1. The van der Waals surface area contributed by atoms with E-state index in [1.807, 2.05) is 6.92 Å². The number of nitrogens with zero attached hydrogens (tertiary/aromatic N) is 2. The molecule has 0 saturated heterocycles. The van der Waals surface area contributed by atoms with Crippen LogP contribution in [0, 0.1) is 0 Å². The summed E-state index contributed by atoms with van der Waals surface area (Å²) in [4.78, 5) is 11.3. The maximum absolute atomic E-state index is 11.3. The van der Waals surface area contributed by atoms with Crippen LogP contribution in [0.15, 0.2) is 18.5 Å². The number of carbonyl (C=O) groups excluding carboxylic acids is 1. The molecule has 13 heavy (non-hydrogen) atoms. The highest BCUT2D eigenvalue weighted by Gasteiger charge is 2.05. The van der Waals surface area contributed by atoms with Gasteiger partial charge in [0.2, 0.25) is 0 Å². The highest BCUT2D eigenvalue weighted by molar-refractivity contribution is 6.20. The average molecular weight is 200 g/mol. The molecule has 0 aromatic carbocycles. The molecule has 70 valence electrons. The lowest BCUT2D eigenvalue weighted by Crippen LogP contribution is -2.28. The normalized spacial score (nSPS) is 12.2. The number of hydrogen-bond acceptors (Lipinski definition) is 3. The largest absolute Gasteiger partial charge is 0.351 e. The van der Waals surface area contributed by atoms with Gasteiger partial charge in [-0.3, -0.25) is 4.79 Å². The molecule has 1 aromatic rings. The molecule has 0 radical (unpaired) electrons. The standard InChI is InChI=1S/C8H10ClN3O/c1-6(9)4-10-8(13)7-2-3-11-12-5-7/h2-3,5-6H,4H2,1H3,(H,10,13). The second-order valence-electron chi connectivity index (χ2n) is 2.62. The van der Waals surface area contributed by atoms with Crippen molar-refractivity contribution in [3.63, 3.8) is 0 Å². The van der Waals surface area contributed by atoms with Crippen molar-refractivity contribution >= 4 is 17.5 Å². The van der Waals surface area contributed by atoms with Gasteiger partial charge >= 0.3 is 0 Å². The van der Waals surface area contributed by atoms with Crippen LogP contribution >= 0.6 is 11.6 Å². The first-order chi connectivity index (χ1) is 6.20. The van der Waals surface area contributed by atoms with Gasteiger partial charge in [0, 0.05) is 11.9 Å². The van der Waals surface area contributed by atoms with Crippen LogP contribution in [0.4, 0.5) is 0 Å². The summed E-state index contributed by atoms with van der Waals surface area (Å²) >= 11 is 5.67. The van der Waals surface area contributed by atoms with Crippen molar-refractivity contribution < 1.29 is 4.79 Å². The Morgan fingerprint density at radius 1 is 1.69 bits per heavy atom. The first-order valence-electron chi connectivity index (χ1n) is 3.89. The second-order valence-corrected chi connectivity index (χ2v) is 3.37. The Morgan fingerprint density at radius 3 is 3.00 bits per heavy atom. The Morgan fingerprint density at radius 2 is 2.46 bits per heavy atom. The lowest BCUT2D eigenvalue weighted by molar-refractivity contribution is 0.0953. The zero-order valence-corrected chi connectivity index (χ0v) is 7.95. The van der Waals surface area contributed by atoms with Crippen LogP contribution < -0.4 is 5.32 Å². The van der Waals surface area contributed by atoms with Crippen LogP contribution in [0.1, 0.15) is 17.3 Å². The average Bonchev–Trinajstić information content (AvgIpc) is 2.15. The smallest absolute Gasteiger partial charge is 0.253 e. The number of carbonyl (C=O) groups is 1. The molecule has 0 aliphatic carbocycles. The molecule has 0 saturated carbocycles. The Bertz CT molecular complexity index is 276. The summed E-state index contributed by atoms with van der Waals surface area (Å²) in [6.45, 7) is 2.26. The highest BCUT2D eigenvalue weighted by Crippen LogP contribution is 1.95. The summed E-state index contributed by atoms with van der Waals surface area (Å²) in [6.07, 6.45) is 2.88. The van der Waals surface area contributed by atoms with Crippen LogP contribution in [0.3, 0.4) is 0 Å². The van der Waals surface area contributed by atoms with E-state index in [9.17, 15) is 4.79 Å². The van der Waals surface area contributed by atoms with E-state index in [2.05, 4.69) is 15.5 Å². The zero-order chi connectivity index (χ0) is 9.68. The molecule has 5 heteroatoms. The van der Waals surface area contributed by atoms with Crippen LogP contribution in [-0.4, -0.2) is 28.0 Å². The van der Waals surface area contributed by atoms with Crippen molar-refractivity contribution in [1.29, 1.82) is 0 Å². The third-order valence-corrected chi connectivity index (χ3v) is 1.54. The van der Waals surface area contributed by atoms with Crippen LogP contribution in [-0.2, 0) is 0 Å². The van der Waals surface area contributed by atoms with Crippen molar-refractivity contribution in [2.45, 2.75) is 12.3 Å². The molecule has 1 amide bonds. The fraction of sp³-hybridized carbons (Fsp3) is 0.375. The molecule has 0 fully saturated rings. The molecular formula is C8H10ClN3O. The van der Waals surface area contributed by atoms with Gasteiger partial charge in [-0.25, -0.2) is 0 Å². The van der Waals surface area contributed by atoms with Gasteiger partial charge in [0.25, 0.3) is 5.91 Å². The van der Waals surface area contributed by atoms with E-state index in [-0.39, 0.29) is 11.3 Å². The van der Waals surface area contributed by atoms with Crippen LogP contribution in [0.2, 0.25) is 0 Å². The summed E-state index contributed by atoms with van der Waals surface area (Å²) in [6, 6.07) is 1.60. The van der Waals surface area contributed by atoms with E-state index in [0.717, 1.165) is 0 Å². The number of alkyl halides is 1. The van der Waals surface area contributed by atoms with E-state index in [4.69, 9.17) is 11.6 Å². The van der Waals surface area contributed by atoms with E-state index >= 15 is 0 Å². The Kier molecular flexibility index (Phi) is 3.64. The lowest BCUT2D eigenvalue weighted by atomic mass is 10.3. The fourth-order valence-electron chi connectivity index (χ4n) is 0.760. The number of amides is 1. The first kappa shape index (κ1) is 9.92. The minimum atomic E-state index is -0.178. The summed E-state index contributed by atoms with van der Waals surface area (Å²) < 4.78 is 0. The SMILES string of the molecule is CC(Cl)CNC(=O)c1ccnnc1. The third-order valence-electron chi connectivity index (χ3n) is 1.39. The van der Waals surface area contributed by atoms with Crippen molar-refractivity contribution in [2.24, 2.45) is 0 Å². The predicted molar refractivity (Wildman–Crippen MR) is 49.7 cm³/mol. The lowest BCUT2D eigenvalue weighted by Gasteiger charge is -2.04. The van der Waals surface area contributed by atoms with E-state index in [1.54, 1.807) is 6.07 Å². The van der Waals surface area contributed by atoms with Crippen molar-refractivity contribution in [3.05, 3.63) is 24.0 Å². The van der Waals surface area contributed by atoms with Crippen molar-refractivity contribution in [2.75, 3.05) is 6.54 Å². The molecule has 0 spiro atoms. The molecule has 1 aromatic heterocycles. The molecule has 4 nitrogen and oxygen atoms in total. The van der Waals surface area contributed by atoms with E-state index in [1.165, 1.54) is 12.4 Å². The monoisotopic (exact) mass is 199 g/mol. The fourth-order valence-corrected chi connectivity index (χ4v) is 0.838. The molecule has 0 aliphatic rings. The third kappa shape index (κ3) is 3.38. The van der Waals surface area contributed by atoms with Crippen molar-refractivity contribution in [3.8, 4) is 0 Å². The molecule has 1 atom stereocenters. The van der Waals surface area contributed by atoms with Gasteiger partial charge in [0.15, 0.2) is 0 Å². The van der Waals surface area contributed by atoms with Gasteiger partial charge in [0.05, 0.1) is 18.0 Å². The van der Waals surface area contributed by atoms with E-state index < -0.39 is 0 Å². The Labute approximate surface area is 81.3 Å². The minimum Gasteiger partial charge on any atom is -0.351 e. The number of halogens is 1. The van der Waals surface area contributed by atoms with Gasteiger partial charge in [-0.2, -0.15) is 10.2 Å². The quantitative estimate of drug-likeness (QED) is 0.734. The molecular weight excluding hydrogens is 190 g/mol. The summed E-state index contributed by atoms with van der Waals surface area (Å²) in [5.41, 5.74) is 0.493. The number of rotatable bonds is 3. The predicted octanol–water partition coefficient (Wildman–Crippen LogP) is 0.834. The Hall–Kier alpha value is -1.16. The minimum absolute atomic E-state index is 0.0706. The molecule has 1 unspecified atom stereocenters. The molecule has 0 aliphatic heterocycles. The van der Waals surface area contributed by atoms with Gasteiger partial charge in [0.1, 0.15) is 0 Å².